The number of anilines is 1. The lowest BCUT2D eigenvalue weighted by atomic mass is 10.1. The van der Waals surface area contributed by atoms with Gasteiger partial charge in [0.1, 0.15) is 29.3 Å². The molecule has 0 aliphatic heterocycles. The average molecular weight is 439 g/mol. The highest BCUT2D eigenvalue weighted by molar-refractivity contribution is 6.30. The maximum atomic E-state index is 9.46. The Hall–Kier alpha value is -4.40. The zero-order chi connectivity index (χ0) is 22.2. The van der Waals surface area contributed by atoms with Crippen molar-refractivity contribution >= 4 is 39.6 Å². The van der Waals surface area contributed by atoms with Gasteiger partial charge in [0.15, 0.2) is 17.0 Å². The number of nitrogens with zero attached hydrogens (tertiary/aromatic N) is 6. The van der Waals surface area contributed by atoms with E-state index in [9.17, 15) is 10.5 Å². The molecule has 0 fully saturated rings. The van der Waals surface area contributed by atoms with Crippen LogP contribution in [0.1, 0.15) is 17.0 Å². The minimum absolute atomic E-state index is 0.0404. The smallest absolute Gasteiger partial charge is 0.179 e. The van der Waals surface area contributed by atoms with Crippen LogP contribution in [0.4, 0.5) is 5.82 Å². The van der Waals surface area contributed by atoms with Crippen molar-refractivity contribution in [2.75, 3.05) is 5.73 Å². The van der Waals surface area contributed by atoms with E-state index in [4.69, 9.17) is 17.3 Å². The van der Waals surface area contributed by atoms with E-state index in [-0.39, 0.29) is 11.4 Å². The number of aromatic nitrogens is 5. The molecule has 5 rings (SSSR count). The van der Waals surface area contributed by atoms with E-state index in [1.165, 1.54) is 0 Å². The molecule has 0 aliphatic rings. The van der Waals surface area contributed by atoms with Crippen LogP contribution in [-0.2, 0) is 13.0 Å². The minimum atomic E-state index is -0.0489. The van der Waals surface area contributed by atoms with E-state index in [1.807, 2.05) is 60.7 Å². The van der Waals surface area contributed by atoms with Crippen LogP contribution in [0.2, 0.25) is 5.02 Å². The lowest BCUT2D eigenvalue weighted by Gasteiger charge is -2.08. The molecule has 0 bridgehead atoms. The Balaban J connectivity index is 1.70. The van der Waals surface area contributed by atoms with Gasteiger partial charge in [-0.3, -0.25) is 0 Å². The predicted molar refractivity (Wildman–Crippen MR) is 122 cm³/mol. The van der Waals surface area contributed by atoms with Crippen LogP contribution in [0, 0.1) is 22.7 Å². The van der Waals surface area contributed by atoms with Gasteiger partial charge >= 0.3 is 0 Å². The molecule has 2 aromatic carbocycles. The van der Waals surface area contributed by atoms with Crippen LogP contribution in [0.25, 0.3) is 33.6 Å². The lowest BCUT2D eigenvalue weighted by molar-refractivity contribution is 0.724. The Bertz CT molecular complexity index is 1530. The Labute approximate surface area is 187 Å². The van der Waals surface area contributed by atoms with Gasteiger partial charge < -0.3 is 15.3 Å². The highest BCUT2D eigenvalue weighted by Crippen LogP contribution is 2.35. The molecule has 5 aromatic rings. The number of fused-ring (bicyclic) bond motifs is 2. The summed E-state index contributed by atoms with van der Waals surface area (Å²) >= 11 is 5.99. The summed E-state index contributed by atoms with van der Waals surface area (Å²) in [5, 5.41) is 19.6. The predicted octanol–water partition coefficient (Wildman–Crippen LogP) is 4.20. The van der Waals surface area contributed by atoms with Gasteiger partial charge in [0.05, 0.1) is 16.6 Å². The minimum Gasteiger partial charge on any atom is -0.384 e. The molecule has 0 saturated heterocycles. The molecule has 0 saturated carbocycles. The molecular weight excluding hydrogens is 424 g/mol. The summed E-state index contributed by atoms with van der Waals surface area (Å²) in [7, 11) is 0. The van der Waals surface area contributed by atoms with Gasteiger partial charge in [-0.15, -0.1) is 0 Å². The molecule has 0 amide bonds. The van der Waals surface area contributed by atoms with Crippen molar-refractivity contribution in [2.24, 2.45) is 0 Å². The van der Waals surface area contributed by atoms with Gasteiger partial charge in [-0.25, -0.2) is 15.0 Å². The number of hydrogen-bond acceptors (Lipinski definition) is 6. The fourth-order valence-corrected chi connectivity index (χ4v) is 3.86. The second-order valence-corrected chi connectivity index (χ2v) is 7.64. The second kappa shape index (κ2) is 7.69. The number of nitrogens with two attached hydrogens (primary N) is 1. The van der Waals surface area contributed by atoms with Crippen molar-refractivity contribution in [3.63, 3.8) is 0 Å². The molecule has 8 nitrogen and oxygen atoms in total. The number of imidazole rings is 1. The van der Waals surface area contributed by atoms with Crippen LogP contribution >= 0.6 is 11.6 Å². The van der Waals surface area contributed by atoms with E-state index in [1.54, 1.807) is 4.57 Å². The van der Waals surface area contributed by atoms with Crippen molar-refractivity contribution in [1.29, 1.82) is 10.5 Å². The molecule has 0 spiro atoms. The van der Waals surface area contributed by atoms with Crippen LogP contribution < -0.4 is 5.73 Å². The van der Waals surface area contributed by atoms with Crippen LogP contribution in [0.3, 0.4) is 0 Å². The number of benzene rings is 2. The van der Waals surface area contributed by atoms with Crippen LogP contribution in [-0.4, -0.2) is 24.5 Å². The van der Waals surface area contributed by atoms with E-state index in [0.29, 0.717) is 46.4 Å². The lowest BCUT2D eigenvalue weighted by Crippen LogP contribution is -2.07. The highest BCUT2D eigenvalue weighted by atomic mass is 35.5. The highest BCUT2D eigenvalue weighted by Gasteiger charge is 2.24. The Morgan fingerprint density at radius 3 is 2.41 bits per heavy atom. The third-order valence-corrected chi connectivity index (χ3v) is 5.54. The van der Waals surface area contributed by atoms with E-state index >= 15 is 0 Å². The molecule has 3 aromatic heterocycles. The third-order valence-electron chi connectivity index (χ3n) is 5.29. The van der Waals surface area contributed by atoms with Gasteiger partial charge in [0, 0.05) is 11.6 Å². The summed E-state index contributed by atoms with van der Waals surface area (Å²) < 4.78 is 1.81. The zero-order valence-electron chi connectivity index (χ0n) is 16.7. The Morgan fingerprint density at radius 2 is 1.69 bits per heavy atom. The standard InChI is InChI=1S/C23H15ClN8/c24-14-7-5-13(6-8-14)9-10-32-21(27)19(22-29-15-3-1-2-4-16(15)30-22)20-23(32)31-18(12-26)17(11-25)28-20/h1-8H,9-10,27H2,(H,29,30). The van der Waals surface area contributed by atoms with Crippen LogP contribution in [0.15, 0.2) is 48.5 Å². The molecule has 32 heavy (non-hydrogen) atoms. The zero-order valence-corrected chi connectivity index (χ0v) is 17.4. The number of rotatable bonds is 4. The summed E-state index contributed by atoms with van der Waals surface area (Å²) in [6, 6.07) is 19.1. The molecule has 0 radical (unpaired) electrons. The number of halogens is 1. The normalized spacial score (nSPS) is 11.0. The third kappa shape index (κ3) is 3.20. The molecule has 0 atom stereocenters. The number of para-hydroxylation sites is 2. The van der Waals surface area contributed by atoms with Crippen molar-refractivity contribution in [3.8, 4) is 23.5 Å². The molecule has 0 aliphatic carbocycles. The number of H-pyrrole nitrogens is 1. The summed E-state index contributed by atoms with van der Waals surface area (Å²) in [6.45, 7) is 0.496. The molecule has 3 N–H and O–H groups in total. The van der Waals surface area contributed by atoms with Crippen molar-refractivity contribution in [3.05, 3.63) is 70.5 Å². The van der Waals surface area contributed by atoms with Gasteiger partial charge in [-0.05, 0) is 36.2 Å². The Morgan fingerprint density at radius 1 is 0.969 bits per heavy atom. The summed E-state index contributed by atoms with van der Waals surface area (Å²) in [4.78, 5) is 16.8. The number of aryl methyl sites for hydroxylation is 2. The quantitative estimate of drug-likeness (QED) is 0.432. The van der Waals surface area contributed by atoms with E-state index < -0.39 is 0 Å². The van der Waals surface area contributed by atoms with Gasteiger partial charge in [0.2, 0.25) is 0 Å². The number of hydrogen-bond donors (Lipinski definition) is 2. The SMILES string of the molecule is N#Cc1nc2c(-c3nc4ccccc4[nH]3)c(N)n(CCc3ccc(Cl)cc3)c2nc1C#N. The molecule has 9 heteroatoms. The topological polar surface area (TPSA) is 133 Å². The number of aromatic amines is 1. The summed E-state index contributed by atoms with van der Waals surface area (Å²) in [6.07, 6.45) is 0.661. The largest absolute Gasteiger partial charge is 0.384 e. The maximum Gasteiger partial charge on any atom is 0.179 e. The van der Waals surface area contributed by atoms with Crippen LogP contribution in [0.5, 0.6) is 0 Å². The second-order valence-electron chi connectivity index (χ2n) is 7.21. The van der Waals surface area contributed by atoms with Crippen molar-refractivity contribution in [2.45, 2.75) is 13.0 Å². The molecule has 154 valence electrons. The first-order valence-corrected chi connectivity index (χ1v) is 10.2. The van der Waals surface area contributed by atoms with Gasteiger partial charge in [0.25, 0.3) is 0 Å². The van der Waals surface area contributed by atoms with E-state index in [0.717, 1.165) is 16.6 Å². The maximum absolute atomic E-state index is 9.46. The average Bonchev–Trinajstić information content (AvgIpc) is 3.35. The first-order chi connectivity index (χ1) is 15.6. The first-order valence-electron chi connectivity index (χ1n) is 9.78. The summed E-state index contributed by atoms with van der Waals surface area (Å²) in [5.74, 6) is 0.939. The molecule has 0 unspecified atom stereocenters. The summed E-state index contributed by atoms with van der Waals surface area (Å²) in [5.41, 5.74) is 10.6. The number of nitrogen functional groups attached to an aromatic ring is 1. The van der Waals surface area contributed by atoms with Gasteiger partial charge in [-0.2, -0.15) is 10.5 Å². The Kier molecular flexibility index (Phi) is 4.70. The van der Waals surface area contributed by atoms with Gasteiger partial charge in [-0.1, -0.05) is 35.9 Å². The van der Waals surface area contributed by atoms with Crippen molar-refractivity contribution < 1.29 is 0 Å². The number of nitrogens with one attached hydrogen (secondary N) is 1. The monoisotopic (exact) mass is 438 g/mol. The molecule has 3 heterocycles. The fourth-order valence-electron chi connectivity index (χ4n) is 3.73. The number of nitriles is 2. The van der Waals surface area contributed by atoms with E-state index in [2.05, 4.69) is 19.9 Å². The first kappa shape index (κ1) is 19.6. The fraction of sp³-hybridized carbons (Fsp3) is 0.0870. The molecular formula is C23H15ClN8. The van der Waals surface area contributed by atoms with Crippen molar-refractivity contribution in [1.82, 2.24) is 24.5 Å².